The number of nitrogens with zero attached hydrogens (tertiary/aromatic N) is 2. The zero-order valence-electron chi connectivity index (χ0n) is 9.20. The number of hydrogen-bond acceptors (Lipinski definition) is 4. The lowest BCUT2D eigenvalue weighted by atomic mass is 9.68. The Morgan fingerprint density at radius 3 is 2.94 bits per heavy atom. The van der Waals surface area contributed by atoms with Gasteiger partial charge in [-0.15, -0.1) is 0 Å². The highest BCUT2D eigenvalue weighted by Gasteiger charge is 2.42. The van der Waals surface area contributed by atoms with E-state index < -0.39 is 0 Å². The van der Waals surface area contributed by atoms with Crippen LogP contribution in [0.15, 0.2) is 6.33 Å². The molecule has 2 rings (SSSR count). The van der Waals surface area contributed by atoms with Crippen molar-refractivity contribution in [3.63, 3.8) is 0 Å². The molecule has 1 fully saturated rings. The summed E-state index contributed by atoms with van der Waals surface area (Å²) in [5.41, 5.74) is 5.36. The molecule has 1 aromatic heterocycles. The first-order valence-corrected chi connectivity index (χ1v) is 5.59. The van der Waals surface area contributed by atoms with Crippen molar-refractivity contribution in [3.05, 3.63) is 12.2 Å². The summed E-state index contributed by atoms with van der Waals surface area (Å²) in [4.78, 5) is 15.9. The SMILES string of the molecule is NCC1(C(=O)NCCc2ncn[nH]2)CCC1. The minimum atomic E-state index is -0.290. The van der Waals surface area contributed by atoms with Crippen molar-refractivity contribution >= 4 is 5.91 Å². The number of rotatable bonds is 5. The highest BCUT2D eigenvalue weighted by molar-refractivity contribution is 5.83. The highest BCUT2D eigenvalue weighted by atomic mass is 16.2. The normalized spacial score (nSPS) is 17.8. The molecule has 0 aromatic carbocycles. The monoisotopic (exact) mass is 223 g/mol. The summed E-state index contributed by atoms with van der Waals surface area (Å²) in [5.74, 6) is 0.872. The van der Waals surface area contributed by atoms with Gasteiger partial charge in [0, 0.05) is 19.5 Å². The average molecular weight is 223 g/mol. The van der Waals surface area contributed by atoms with Crippen LogP contribution in [-0.4, -0.2) is 34.2 Å². The molecule has 1 amide bonds. The van der Waals surface area contributed by atoms with Gasteiger partial charge >= 0.3 is 0 Å². The van der Waals surface area contributed by atoms with Crippen LogP contribution in [0.3, 0.4) is 0 Å². The third kappa shape index (κ3) is 2.06. The standard InChI is InChI=1S/C10H17N5O/c11-6-10(3-1-4-10)9(16)12-5-2-8-13-7-14-15-8/h7H,1-6,11H2,(H,12,16)(H,13,14,15). The lowest BCUT2D eigenvalue weighted by Crippen LogP contribution is -2.50. The van der Waals surface area contributed by atoms with Gasteiger partial charge in [0.1, 0.15) is 12.2 Å². The average Bonchev–Trinajstić information content (AvgIpc) is 2.70. The summed E-state index contributed by atoms with van der Waals surface area (Å²) < 4.78 is 0. The van der Waals surface area contributed by atoms with Crippen molar-refractivity contribution in [1.29, 1.82) is 0 Å². The number of nitrogens with one attached hydrogen (secondary N) is 2. The van der Waals surface area contributed by atoms with E-state index in [1.54, 1.807) is 0 Å². The van der Waals surface area contributed by atoms with E-state index in [9.17, 15) is 4.79 Å². The van der Waals surface area contributed by atoms with E-state index in [-0.39, 0.29) is 11.3 Å². The van der Waals surface area contributed by atoms with E-state index in [0.717, 1.165) is 25.1 Å². The molecular formula is C10H17N5O. The molecule has 1 aliphatic carbocycles. The number of H-pyrrole nitrogens is 1. The third-order valence-electron chi connectivity index (χ3n) is 3.30. The van der Waals surface area contributed by atoms with Crippen LogP contribution in [-0.2, 0) is 11.2 Å². The molecule has 1 aromatic rings. The van der Waals surface area contributed by atoms with E-state index in [1.807, 2.05) is 0 Å². The summed E-state index contributed by atoms with van der Waals surface area (Å²) in [7, 11) is 0. The topological polar surface area (TPSA) is 96.7 Å². The third-order valence-corrected chi connectivity index (χ3v) is 3.30. The lowest BCUT2D eigenvalue weighted by Gasteiger charge is -2.39. The molecule has 4 N–H and O–H groups in total. The Labute approximate surface area is 94.0 Å². The molecule has 0 saturated heterocycles. The maximum atomic E-state index is 11.9. The van der Waals surface area contributed by atoms with Gasteiger partial charge in [0.25, 0.3) is 0 Å². The number of amides is 1. The maximum Gasteiger partial charge on any atom is 0.227 e. The fourth-order valence-electron chi connectivity index (χ4n) is 1.96. The van der Waals surface area contributed by atoms with Gasteiger partial charge < -0.3 is 11.1 Å². The second-order valence-electron chi connectivity index (χ2n) is 4.28. The molecule has 1 heterocycles. The second kappa shape index (κ2) is 4.61. The molecule has 0 spiro atoms. The molecule has 88 valence electrons. The van der Waals surface area contributed by atoms with Gasteiger partial charge in [-0.3, -0.25) is 9.89 Å². The number of aromatic nitrogens is 3. The van der Waals surface area contributed by atoms with Crippen molar-refractivity contribution in [1.82, 2.24) is 20.5 Å². The van der Waals surface area contributed by atoms with Crippen LogP contribution < -0.4 is 11.1 Å². The number of nitrogens with two attached hydrogens (primary N) is 1. The molecule has 0 atom stereocenters. The minimum Gasteiger partial charge on any atom is -0.355 e. The predicted molar refractivity (Wildman–Crippen MR) is 58.4 cm³/mol. The van der Waals surface area contributed by atoms with E-state index in [4.69, 9.17) is 5.73 Å². The van der Waals surface area contributed by atoms with Crippen LogP contribution in [0.1, 0.15) is 25.1 Å². The Morgan fingerprint density at radius 1 is 1.62 bits per heavy atom. The van der Waals surface area contributed by atoms with Crippen molar-refractivity contribution < 1.29 is 4.79 Å². The van der Waals surface area contributed by atoms with Gasteiger partial charge in [-0.05, 0) is 12.8 Å². The lowest BCUT2D eigenvalue weighted by molar-refractivity contribution is -0.135. The first-order valence-electron chi connectivity index (χ1n) is 5.59. The zero-order chi connectivity index (χ0) is 11.4. The minimum absolute atomic E-state index is 0.0840. The summed E-state index contributed by atoms with van der Waals surface area (Å²) in [6.45, 7) is 1.02. The van der Waals surface area contributed by atoms with Crippen molar-refractivity contribution in [2.75, 3.05) is 13.1 Å². The summed E-state index contributed by atoms with van der Waals surface area (Å²) in [6, 6.07) is 0. The molecule has 0 aliphatic heterocycles. The summed E-state index contributed by atoms with van der Waals surface area (Å²) in [6.07, 6.45) is 5.07. The van der Waals surface area contributed by atoms with E-state index in [0.29, 0.717) is 19.5 Å². The first kappa shape index (κ1) is 11.1. The number of aromatic amines is 1. The predicted octanol–water partition coefficient (Wildman–Crippen LogP) is -0.408. The smallest absolute Gasteiger partial charge is 0.227 e. The van der Waals surface area contributed by atoms with Crippen LogP contribution in [0.4, 0.5) is 0 Å². The second-order valence-corrected chi connectivity index (χ2v) is 4.28. The highest BCUT2D eigenvalue weighted by Crippen LogP contribution is 2.39. The van der Waals surface area contributed by atoms with E-state index in [2.05, 4.69) is 20.5 Å². The Hall–Kier alpha value is -1.43. The Kier molecular flexibility index (Phi) is 3.19. The van der Waals surface area contributed by atoms with E-state index >= 15 is 0 Å². The van der Waals surface area contributed by atoms with Crippen LogP contribution in [0.5, 0.6) is 0 Å². The van der Waals surface area contributed by atoms with Gasteiger partial charge in [-0.25, -0.2) is 4.98 Å². The molecule has 1 saturated carbocycles. The Balaban J connectivity index is 1.75. The number of carbonyl (C=O) groups is 1. The molecule has 0 unspecified atom stereocenters. The Bertz CT molecular complexity index is 339. The van der Waals surface area contributed by atoms with Gasteiger partial charge in [0.05, 0.1) is 5.41 Å². The number of carbonyl (C=O) groups excluding carboxylic acids is 1. The van der Waals surface area contributed by atoms with Crippen molar-refractivity contribution in [3.8, 4) is 0 Å². The summed E-state index contributed by atoms with van der Waals surface area (Å²) >= 11 is 0. The van der Waals surface area contributed by atoms with E-state index in [1.165, 1.54) is 6.33 Å². The fraction of sp³-hybridized carbons (Fsp3) is 0.700. The molecule has 1 aliphatic rings. The number of hydrogen-bond donors (Lipinski definition) is 3. The molecular weight excluding hydrogens is 206 g/mol. The maximum absolute atomic E-state index is 11.9. The van der Waals surface area contributed by atoms with Crippen molar-refractivity contribution in [2.45, 2.75) is 25.7 Å². The van der Waals surface area contributed by atoms with Crippen LogP contribution in [0.25, 0.3) is 0 Å². The molecule has 6 nitrogen and oxygen atoms in total. The fourth-order valence-corrected chi connectivity index (χ4v) is 1.96. The van der Waals surface area contributed by atoms with Gasteiger partial charge in [0.15, 0.2) is 0 Å². The van der Waals surface area contributed by atoms with Gasteiger partial charge in [0.2, 0.25) is 5.91 Å². The molecule has 0 bridgehead atoms. The first-order chi connectivity index (χ1) is 7.77. The quantitative estimate of drug-likeness (QED) is 0.632. The summed E-state index contributed by atoms with van der Waals surface area (Å²) in [5, 5.41) is 9.41. The van der Waals surface area contributed by atoms with Crippen molar-refractivity contribution in [2.24, 2.45) is 11.1 Å². The van der Waals surface area contributed by atoms with Gasteiger partial charge in [-0.2, -0.15) is 5.10 Å². The largest absolute Gasteiger partial charge is 0.355 e. The van der Waals surface area contributed by atoms with Crippen LogP contribution in [0, 0.1) is 5.41 Å². The van der Waals surface area contributed by atoms with Crippen LogP contribution in [0.2, 0.25) is 0 Å². The van der Waals surface area contributed by atoms with Crippen LogP contribution >= 0.6 is 0 Å². The zero-order valence-corrected chi connectivity index (χ0v) is 9.20. The molecule has 0 radical (unpaired) electrons. The molecule has 6 heteroatoms. The molecule has 16 heavy (non-hydrogen) atoms. The Morgan fingerprint density at radius 2 is 2.44 bits per heavy atom. The van der Waals surface area contributed by atoms with Gasteiger partial charge in [-0.1, -0.05) is 6.42 Å².